The van der Waals surface area contributed by atoms with Crippen molar-refractivity contribution in [2.45, 2.75) is 31.6 Å². The first kappa shape index (κ1) is 10.3. The van der Waals surface area contributed by atoms with Gasteiger partial charge in [0.25, 0.3) is 5.56 Å². The van der Waals surface area contributed by atoms with E-state index in [0.717, 1.165) is 5.69 Å². The summed E-state index contributed by atoms with van der Waals surface area (Å²) in [7, 11) is 0. The molecule has 1 fully saturated rings. The van der Waals surface area contributed by atoms with Crippen molar-refractivity contribution in [3.8, 4) is 5.82 Å². The van der Waals surface area contributed by atoms with Gasteiger partial charge in [0.1, 0.15) is 0 Å². The fraction of sp³-hybridized carbons (Fsp3) is 0.385. The molecule has 0 amide bonds. The quantitative estimate of drug-likeness (QED) is 0.858. The second kappa shape index (κ2) is 4.20. The first-order valence-corrected chi connectivity index (χ1v) is 6.08. The minimum absolute atomic E-state index is 0.0226. The maximum atomic E-state index is 11.9. The zero-order chi connectivity index (χ0) is 11.7. The third-order valence-electron chi connectivity index (χ3n) is 3.41. The van der Waals surface area contributed by atoms with Crippen LogP contribution in [0.5, 0.6) is 0 Å². The molecule has 1 aliphatic carbocycles. The van der Waals surface area contributed by atoms with Gasteiger partial charge >= 0.3 is 0 Å². The maximum absolute atomic E-state index is 11.9. The lowest BCUT2D eigenvalue weighted by molar-refractivity contribution is 0.673. The van der Waals surface area contributed by atoms with Crippen LogP contribution < -0.4 is 5.56 Å². The van der Waals surface area contributed by atoms with Crippen molar-refractivity contribution in [1.29, 1.82) is 0 Å². The first-order valence-electron chi connectivity index (χ1n) is 6.08. The summed E-state index contributed by atoms with van der Waals surface area (Å²) in [6.07, 6.45) is 6.59. The van der Waals surface area contributed by atoms with Crippen molar-refractivity contribution in [2.24, 2.45) is 0 Å². The smallest absolute Gasteiger partial charge is 0.272 e. The molecule has 3 rings (SSSR count). The molecule has 0 aromatic carbocycles. The summed E-state index contributed by atoms with van der Waals surface area (Å²) in [6.45, 7) is 0. The van der Waals surface area contributed by atoms with Gasteiger partial charge in [0.2, 0.25) is 0 Å². The van der Waals surface area contributed by atoms with E-state index in [9.17, 15) is 4.79 Å². The van der Waals surface area contributed by atoms with Crippen LogP contribution in [0.3, 0.4) is 0 Å². The van der Waals surface area contributed by atoms with Crippen molar-refractivity contribution in [2.75, 3.05) is 0 Å². The van der Waals surface area contributed by atoms with E-state index in [1.165, 1.54) is 30.4 Å². The minimum Gasteiger partial charge on any atom is -0.293 e. The van der Waals surface area contributed by atoms with E-state index < -0.39 is 0 Å². The Labute approximate surface area is 99.3 Å². The highest BCUT2D eigenvalue weighted by atomic mass is 16.1. The molecule has 17 heavy (non-hydrogen) atoms. The summed E-state index contributed by atoms with van der Waals surface area (Å²) < 4.78 is 1.52. The Balaban J connectivity index is 1.99. The molecule has 4 nitrogen and oxygen atoms in total. The monoisotopic (exact) mass is 229 g/mol. The van der Waals surface area contributed by atoms with E-state index in [2.05, 4.69) is 10.1 Å². The van der Waals surface area contributed by atoms with Gasteiger partial charge in [-0.05, 0) is 25.0 Å². The molecule has 1 saturated carbocycles. The first-order chi connectivity index (χ1) is 8.34. The average molecular weight is 229 g/mol. The molecule has 0 bridgehead atoms. The van der Waals surface area contributed by atoms with Crippen LogP contribution >= 0.6 is 0 Å². The van der Waals surface area contributed by atoms with Crippen molar-refractivity contribution >= 4 is 0 Å². The van der Waals surface area contributed by atoms with Gasteiger partial charge in [0, 0.05) is 23.9 Å². The predicted molar refractivity (Wildman–Crippen MR) is 65.4 cm³/mol. The largest absolute Gasteiger partial charge is 0.293 e. The maximum Gasteiger partial charge on any atom is 0.272 e. The number of hydrogen-bond acceptors (Lipinski definition) is 2. The summed E-state index contributed by atoms with van der Waals surface area (Å²) in [5.41, 5.74) is 1.03. The van der Waals surface area contributed by atoms with Gasteiger partial charge in [-0.15, -0.1) is 0 Å². The molecule has 2 aromatic rings. The van der Waals surface area contributed by atoms with E-state index in [1.54, 1.807) is 12.3 Å². The van der Waals surface area contributed by atoms with E-state index in [-0.39, 0.29) is 5.56 Å². The second-order valence-corrected chi connectivity index (χ2v) is 4.55. The van der Waals surface area contributed by atoms with Crippen LogP contribution in [0.2, 0.25) is 0 Å². The lowest BCUT2D eigenvalue weighted by Gasteiger charge is -2.05. The highest BCUT2D eigenvalue weighted by Gasteiger charge is 2.20. The van der Waals surface area contributed by atoms with Crippen LogP contribution in [0.25, 0.3) is 5.82 Å². The Kier molecular flexibility index (Phi) is 2.55. The lowest BCUT2D eigenvalue weighted by Crippen LogP contribution is -2.14. The number of aromatic amines is 1. The summed E-state index contributed by atoms with van der Waals surface area (Å²) >= 11 is 0. The Morgan fingerprint density at radius 1 is 1.29 bits per heavy atom. The van der Waals surface area contributed by atoms with Gasteiger partial charge in [-0.1, -0.05) is 18.9 Å². The normalized spacial score (nSPS) is 16.5. The molecule has 0 radical (unpaired) electrons. The molecule has 88 valence electrons. The summed E-state index contributed by atoms with van der Waals surface area (Å²) in [5.74, 6) is 1.18. The Bertz CT molecular complexity index is 550. The minimum atomic E-state index is -0.0226. The molecule has 0 atom stereocenters. The highest BCUT2D eigenvalue weighted by Crippen LogP contribution is 2.32. The van der Waals surface area contributed by atoms with E-state index in [1.807, 2.05) is 18.2 Å². The van der Waals surface area contributed by atoms with Gasteiger partial charge in [-0.25, -0.2) is 9.67 Å². The summed E-state index contributed by atoms with van der Waals surface area (Å²) in [6, 6.07) is 7.27. The number of H-pyrrole nitrogens is 1. The molecule has 2 heterocycles. The van der Waals surface area contributed by atoms with Crippen molar-refractivity contribution < 1.29 is 0 Å². The van der Waals surface area contributed by atoms with Crippen LogP contribution in [-0.2, 0) is 0 Å². The third-order valence-corrected chi connectivity index (χ3v) is 3.41. The lowest BCUT2D eigenvalue weighted by atomic mass is 10.1. The third kappa shape index (κ3) is 1.90. The Morgan fingerprint density at radius 2 is 2.12 bits per heavy atom. The van der Waals surface area contributed by atoms with Gasteiger partial charge in [0.15, 0.2) is 5.82 Å². The van der Waals surface area contributed by atoms with E-state index >= 15 is 0 Å². The molecule has 2 aromatic heterocycles. The Hall–Kier alpha value is -1.84. The van der Waals surface area contributed by atoms with Crippen molar-refractivity contribution in [3.05, 3.63) is 46.5 Å². The summed E-state index contributed by atoms with van der Waals surface area (Å²) in [4.78, 5) is 16.1. The predicted octanol–water partition coefficient (Wildman–Crippen LogP) is 2.22. The van der Waals surface area contributed by atoms with Crippen LogP contribution in [0.1, 0.15) is 37.3 Å². The zero-order valence-electron chi connectivity index (χ0n) is 9.60. The van der Waals surface area contributed by atoms with Crippen LogP contribution in [0, 0.1) is 0 Å². The van der Waals surface area contributed by atoms with Gasteiger partial charge < -0.3 is 0 Å². The van der Waals surface area contributed by atoms with Crippen LogP contribution in [0.15, 0.2) is 35.3 Å². The number of pyridine rings is 1. The molecule has 0 unspecified atom stereocenters. The Morgan fingerprint density at radius 3 is 2.82 bits per heavy atom. The highest BCUT2D eigenvalue weighted by molar-refractivity contribution is 5.22. The molecule has 1 aliphatic rings. The molecule has 1 N–H and O–H groups in total. The number of aromatic nitrogens is 3. The van der Waals surface area contributed by atoms with Gasteiger partial charge in [-0.2, -0.15) is 0 Å². The molecule has 4 heteroatoms. The van der Waals surface area contributed by atoms with E-state index in [4.69, 9.17) is 0 Å². The standard InChI is InChI=1S/C13H15N3O/c17-13-9-11(10-5-1-2-6-10)15-16(13)12-7-3-4-8-14-12/h3-4,7-10,15H,1-2,5-6H2. The molecular formula is C13H15N3O. The average Bonchev–Trinajstić information content (AvgIpc) is 2.99. The number of hydrogen-bond donors (Lipinski definition) is 1. The van der Waals surface area contributed by atoms with Crippen LogP contribution in [-0.4, -0.2) is 14.8 Å². The number of rotatable bonds is 2. The molecule has 0 saturated heterocycles. The summed E-state index contributed by atoms with van der Waals surface area (Å²) in [5, 5.41) is 3.18. The second-order valence-electron chi connectivity index (χ2n) is 4.55. The van der Waals surface area contributed by atoms with Crippen molar-refractivity contribution in [1.82, 2.24) is 14.8 Å². The molecular weight excluding hydrogens is 214 g/mol. The fourth-order valence-electron chi connectivity index (χ4n) is 2.52. The number of nitrogens with zero attached hydrogens (tertiary/aromatic N) is 2. The fourth-order valence-corrected chi connectivity index (χ4v) is 2.52. The molecule has 0 spiro atoms. The van der Waals surface area contributed by atoms with Crippen molar-refractivity contribution in [3.63, 3.8) is 0 Å². The SMILES string of the molecule is O=c1cc(C2CCCC2)[nH]n1-c1ccccn1. The zero-order valence-corrected chi connectivity index (χ0v) is 9.60. The van der Waals surface area contributed by atoms with Gasteiger partial charge in [-0.3, -0.25) is 9.89 Å². The van der Waals surface area contributed by atoms with Crippen LogP contribution in [0.4, 0.5) is 0 Å². The number of nitrogens with one attached hydrogen (secondary N) is 1. The van der Waals surface area contributed by atoms with E-state index in [0.29, 0.717) is 11.7 Å². The van der Waals surface area contributed by atoms with Gasteiger partial charge in [0.05, 0.1) is 0 Å². The topological polar surface area (TPSA) is 50.7 Å². The molecule has 0 aliphatic heterocycles.